The maximum atomic E-state index is 15.4. The monoisotopic (exact) mass is 526 g/mol. The number of benzene rings is 3. The first kappa shape index (κ1) is 26.8. The Bertz CT molecular complexity index is 1260. The molecule has 0 heterocycles. The molecule has 2 nitrogen and oxygen atoms in total. The summed E-state index contributed by atoms with van der Waals surface area (Å²) >= 11 is 0. The van der Waals surface area contributed by atoms with Gasteiger partial charge in [0.05, 0.1) is 0 Å². The van der Waals surface area contributed by atoms with E-state index in [1.165, 1.54) is 24.3 Å². The fourth-order valence-corrected chi connectivity index (χ4v) is 4.91. The number of hydrogen-bond acceptors (Lipinski definition) is 2. The zero-order valence-corrected chi connectivity index (χ0v) is 20.2. The van der Waals surface area contributed by atoms with Gasteiger partial charge in [0.2, 0.25) is 0 Å². The molecule has 1 saturated carbocycles. The number of ether oxygens (including phenoxy) is 2. The lowest BCUT2D eigenvalue weighted by molar-refractivity contribution is -0.0546. The first-order chi connectivity index (χ1) is 17.6. The topological polar surface area (TPSA) is 18.5 Å². The molecule has 3 aromatic carbocycles. The van der Waals surface area contributed by atoms with E-state index in [1.807, 2.05) is 0 Å². The molecule has 9 heteroatoms. The Hall–Kier alpha value is -3.23. The molecule has 198 valence electrons. The molecule has 0 spiro atoms. The lowest BCUT2D eigenvalue weighted by Crippen LogP contribution is -2.16. The number of alkyl halides is 2. The second-order valence-electron chi connectivity index (χ2n) is 9.18. The molecule has 37 heavy (non-hydrogen) atoms. The molecular formula is C28H25F7O2. The van der Waals surface area contributed by atoms with Gasteiger partial charge in [-0.3, -0.25) is 0 Å². The second kappa shape index (κ2) is 11.0. The summed E-state index contributed by atoms with van der Waals surface area (Å²) in [5.41, 5.74) is -0.798. The summed E-state index contributed by atoms with van der Waals surface area (Å²) in [6.07, 6.45) is 3.56. The van der Waals surface area contributed by atoms with Crippen molar-refractivity contribution in [2.75, 3.05) is 0 Å². The molecule has 0 unspecified atom stereocenters. The maximum Gasteiger partial charge on any atom is 0.387 e. The van der Waals surface area contributed by atoms with Crippen LogP contribution in [0, 0.1) is 41.9 Å². The molecule has 0 radical (unpaired) electrons. The van der Waals surface area contributed by atoms with Crippen LogP contribution < -0.4 is 9.47 Å². The van der Waals surface area contributed by atoms with Crippen LogP contribution in [0.25, 0.3) is 11.1 Å². The number of halogens is 7. The molecule has 0 amide bonds. The van der Waals surface area contributed by atoms with Gasteiger partial charge in [-0.05, 0) is 68.2 Å². The fraction of sp³-hybridized carbons (Fsp3) is 0.357. The van der Waals surface area contributed by atoms with Crippen molar-refractivity contribution in [3.63, 3.8) is 0 Å². The Morgan fingerprint density at radius 2 is 1.46 bits per heavy atom. The molecule has 0 aliphatic heterocycles. The second-order valence-corrected chi connectivity index (χ2v) is 9.18. The van der Waals surface area contributed by atoms with Gasteiger partial charge >= 0.3 is 6.61 Å². The Balaban J connectivity index is 1.79. The highest BCUT2D eigenvalue weighted by Crippen LogP contribution is 2.46. The van der Waals surface area contributed by atoms with E-state index < -0.39 is 58.7 Å². The highest BCUT2D eigenvalue weighted by atomic mass is 19.3. The smallest absolute Gasteiger partial charge is 0.387 e. The average molecular weight is 526 g/mol. The van der Waals surface area contributed by atoms with Gasteiger partial charge in [-0.25, -0.2) is 22.0 Å². The van der Waals surface area contributed by atoms with Crippen LogP contribution in [-0.4, -0.2) is 6.61 Å². The molecule has 0 bridgehead atoms. The van der Waals surface area contributed by atoms with E-state index in [0.29, 0.717) is 18.8 Å². The Morgan fingerprint density at radius 3 is 2.05 bits per heavy atom. The molecule has 3 aromatic rings. The number of hydrogen-bond donors (Lipinski definition) is 0. The van der Waals surface area contributed by atoms with Crippen LogP contribution in [0.5, 0.6) is 17.2 Å². The zero-order chi connectivity index (χ0) is 26.9. The van der Waals surface area contributed by atoms with Crippen molar-refractivity contribution in [1.29, 1.82) is 0 Å². The van der Waals surface area contributed by atoms with Crippen LogP contribution in [0.1, 0.15) is 56.1 Å². The number of para-hydroxylation sites is 1. The van der Waals surface area contributed by atoms with Gasteiger partial charge in [-0.15, -0.1) is 0 Å². The van der Waals surface area contributed by atoms with Crippen molar-refractivity contribution in [3.05, 3.63) is 76.6 Å². The SMILES string of the molecule is CC[C@H]1CC[C@H](c2c(F)c(F)c(C)c(F)c2Oc2ccccc2-c2cc(F)c(OC(F)F)c(F)c2)CC1. The predicted molar refractivity (Wildman–Crippen MR) is 125 cm³/mol. The standard InChI is InChI=1S/C28H25F7O2/c1-3-15-8-10-16(11-9-15)22-25(33)23(31)14(2)24(32)27(22)36-21-7-5-4-6-18(21)17-12-19(29)26(20(30)13-17)37-28(34)35/h4-7,12-13,15-16,28H,3,8-11H2,1-2H3/t15-,16-. The molecule has 4 rings (SSSR count). The summed E-state index contributed by atoms with van der Waals surface area (Å²) in [6, 6.07) is 7.35. The first-order valence-electron chi connectivity index (χ1n) is 12.0. The van der Waals surface area contributed by atoms with Crippen molar-refractivity contribution >= 4 is 0 Å². The summed E-state index contributed by atoms with van der Waals surface area (Å²) in [6.45, 7) is -0.285. The molecular weight excluding hydrogens is 501 g/mol. The van der Waals surface area contributed by atoms with Crippen molar-refractivity contribution in [2.45, 2.75) is 58.5 Å². The van der Waals surface area contributed by atoms with E-state index in [-0.39, 0.29) is 22.4 Å². The van der Waals surface area contributed by atoms with Crippen molar-refractivity contribution in [3.8, 4) is 28.4 Å². The predicted octanol–water partition coefficient (Wildman–Crippen LogP) is 9.44. The minimum atomic E-state index is -3.43. The van der Waals surface area contributed by atoms with Crippen LogP contribution in [0.4, 0.5) is 30.7 Å². The van der Waals surface area contributed by atoms with E-state index in [4.69, 9.17) is 4.74 Å². The Morgan fingerprint density at radius 1 is 0.838 bits per heavy atom. The van der Waals surface area contributed by atoms with Crippen molar-refractivity contribution < 1.29 is 40.2 Å². The summed E-state index contributed by atoms with van der Waals surface area (Å²) in [7, 11) is 0. The molecule has 1 aliphatic rings. The van der Waals surface area contributed by atoms with E-state index in [2.05, 4.69) is 11.7 Å². The summed E-state index contributed by atoms with van der Waals surface area (Å²) < 4.78 is 109. The van der Waals surface area contributed by atoms with Crippen LogP contribution in [0.2, 0.25) is 0 Å². The highest BCUT2D eigenvalue weighted by molar-refractivity contribution is 5.72. The molecule has 1 fully saturated rings. The third-order valence-corrected chi connectivity index (χ3v) is 6.98. The Kier molecular flexibility index (Phi) is 7.99. The van der Waals surface area contributed by atoms with Crippen LogP contribution in [0.15, 0.2) is 36.4 Å². The lowest BCUT2D eigenvalue weighted by Gasteiger charge is -2.30. The van der Waals surface area contributed by atoms with Gasteiger partial charge in [-0.2, -0.15) is 8.78 Å². The largest absolute Gasteiger partial charge is 0.453 e. The fourth-order valence-electron chi connectivity index (χ4n) is 4.91. The lowest BCUT2D eigenvalue weighted by atomic mass is 9.77. The Labute approximate surface area is 210 Å². The van der Waals surface area contributed by atoms with E-state index in [1.54, 1.807) is 0 Å². The number of rotatable bonds is 7. The molecule has 0 saturated heterocycles. The van der Waals surface area contributed by atoms with Crippen LogP contribution in [0.3, 0.4) is 0 Å². The van der Waals surface area contributed by atoms with Gasteiger partial charge in [-0.1, -0.05) is 31.5 Å². The van der Waals surface area contributed by atoms with Crippen molar-refractivity contribution in [1.82, 2.24) is 0 Å². The molecule has 1 aliphatic carbocycles. The quantitative estimate of drug-likeness (QED) is 0.226. The van der Waals surface area contributed by atoms with Gasteiger partial charge in [0.15, 0.2) is 40.6 Å². The van der Waals surface area contributed by atoms with Gasteiger partial charge in [0, 0.05) is 16.7 Å². The third-order valence-electron chi connectivity index (χ3n) is 6.98. The van der Waals surface area contributed by atoms with Crippen LogP contribution >= 0.6 is 0 Å². The van der Waals surface area contributed by atoms with Crippen LogP contribution in [-0.2, 0) is 0 Å². The van der Waals surface area contributed by atoms with E-state index >= 15 is 8.78 Å². The van der Waals surface area contributed by atoms with Gasteiger partial charge in [0.25, 0.3) is 0 Å². The summed E-state index contributed by atoms with van der Waals surface area (Å²) in [5, 5.41) is 0. The van der Waals surface area contributed by atoms with Gasteiger partial charge in [0.1, 0.15) is 5.75 Å². The zero-order valence-electron chi connectivity index (χ0n) is 20.2. The average Bonchev–Trinajstić information content (AvgIpc) is 2.88. The van der Waals surface area contributed by atoms with E-state index in [0.717, 1.165) is 38.3 Å². The summed E-state index contributed by atoms with van der Waals surface area (Å²) in [4.78, 5) is 0. The molecule has 0 N–H and O–H groups in total. The highest BCUT2D eigenvalue weighted by Gasteiger charge is 2.32. The normalized spacial score (nSPS) is 17.8. The minimum Gasteiger partial charge on any atom is -0.453 e. The first-order valence-corrected chi connectivity index (χ1v) is 12.0. The third kappa shape index (κ3) is 5.40. The van der Waals surface area contributed by atoms with Crippen molar-refractivity contribution in [2.24, 2.45) is 5.92 Å². The van der Waals surface area contributed by atoms with E-state index in [9.17, 15) is 22.0 Å². The van der Waals surface area contributed by atoms with Gasteiger partial charge < -0.3 is 9.47 Å². The maximum absolute atomic E-state index is 15.4. The molecule has 0 atom stereocenters. The summed E-state index contributed by atoms with van der Waals surface area (Å²) in [5.74, 6) is -8.15. The molecule has 0 aromatic heterocycles. The minimum absolute atomic E-state index is 0.0753.